The van der Waals surface area contributed by atoms with Gasteiger partial charge in [0.15, 0.2) is 0 Å². The van der Waals surface area contributed by atoms with E-state index in [2.05, 4.69) is 22.5 Å². The van der Waals surface area contributed by atoms with Gasteiger partial charge in [-0.05, 0) is 60.6 Å². The topological polar surface area (TPSA) is 72.5 Å². The monoisotopic (exact) mass is 437 g/mol. The molecule has 1 atom stereocenters. The Balaban J connectivity index is 1.65. The minimum absolute atomic E-state index is 0.129. The lowest BCUT2D eigenvalue weighted by Gasteiger charge is -2.19. The van der Waals surface area contributed by atoms with Gasteiger partial charge in [0.2, 0.25) is 0 Å². The van der Waals surface area contributed by atoms with Crippen LogP contribution in [0, 0.1) is 5.92 Å². The van der Waals surface area contributed by atoms with Crippen LogP contribution in [0.2, 0.25) is 0 Å². The summed E-state index contributed by atoms with van der Waals surface area (Å²) in [6.45, 7) is 2.91. The number of amides is 1. The first kappa shape index (κ1) is 21.2. The first-order valence-corrected chi connectivity index (χ1v) is 11.2. The number of thiophene rings is 1. The van der Waals surface area contributed by atoms with Gasteiger partial charge >= 0.3 is 0 Å². The van der Waals surface area contributed by atoms with Gasteiger partial charge in [-0.25, -0.2) is 0 Å². The van der Waals surface area contributed by atoms with Crippen LogP contribution in [0.25, 0.3) is 0 Å². The fourth-order valence-electron chi connectivity index (χ4n) is 3.90. The first-order valence-electron chi connectivity index (χ1n) is 10.4. The maximum Gasteiger partial charge on any atom is 0.259 e. The zero-order valence-electron chi connectivity index (χ0n) is 18.0. The van der Waals surface area contributed by atoms with Crippen LogP contribution in [0.1, 0.15) is 39.7 Å². The summed E-state index contributed by atoms with van der Waals surface area (Å²) in [6, 6.07) is 9.33. The molecule has 0 aliphatic heterocycles. The van der Waals surface area contributed by atoms with E-state index in [1.165, 1.54) is 10.4 Å². The van der Waals surface area contributed by atoms with Crippen molar-refractivity contribution in [2.24, 2.45) is 5.92 Å². The molecule has 1 aliphatic carbocycles. The molecule has 31 heavy (non-hydrogen) atoms. The number of ether oxygens (including phenoxy) is 2. The molecule has 1 aliphatic rings. The van der Waals surface area contributed by atoms with Crippen LogP contribution < -0.4 is 20.1 Å². The lowest BCUT2D eigenvalue weighted by molar-refractivity contribution is 0.102. The standard InChI is InChI=1S/C24H27N3O3S/c1-15-4-6-18-21(12-15)31-24(26-14-16-8-10-25-11-9-16)22(18)23(28)27-19-13-17(29-2)5-7-20(19)30-3/h5,7-11,13,15,26H,4,6,12,14H2,1-3H3,(H,27,28)/t15-/m1/s1. The quantitative estimate of drug-likeness (QED) is 0.535. The van der Waals surface area contributed by atoms with E-state index in [4.69, 9.17) is 9.47 Å². The number of nitrogens with zero attached hydrogens (tertiary/aromatic N) is 1. The van der Waals surface area contributed by atoms with Gasteiger partial charge in [0.25, 0.3) is 5.91 Å². The van der Waals surface area contributed by atoms with Gasteiger partial charge in [0, 0.05) is 29.9 Å². The highest BCUT2D eigenvalue weighted by Crippen LogP contribution is 2.40. The molecule has 1 aromatic carbocycles. The van der Waals surface area contributed by atoms with E-state index < -0.39 is 0 Å². The molecule has 162 valence electrons. The molecule has 2 heterocycles. The number of hydrogen-bond donors (Lipinski definition) is 2. The molecule has 2 aromatic heterocycles. The highest BCUT2D eigenvalue weighted by atomic mass is 32.1. The van der Waals surface area contributed by atoms with E-state index in [1.54, 1.807) is 50.1 Å². The Morgan fingerprint density at radius 1 is 1.19 bits per heavy atom. The number of fused-ring (bicyclic) bond motifs is 1. The van der Waals surface area contributed by atoms with Crippen LogP contribution in [0.4, 0.5) is 10.7 Å². The van der Waals surface area contributed by atoms with E-state index in [-0.39, 0.29) is 5.91 Å². The van der Waals surface area contributed by atoms with Crippen LogP contribution in [0.5, 0.6) is 11.5 Å². The summed E-state index contributed by atoms with van der Waals surface area (Å²) < 4.78 is 10.8. The third-order valence-corrected chi connectivity index (χ3v) is 6.81. The molecule has 6 nitrogen and oxygen atoms in total. The third-order valence-electron chi connectivity index (χ3n) is 5.60. The van der Waals surface area contributed by atoms with Gasteiger partial charge in [-0.1, -0.05) is 6.92 Å². The fourth-order valence-corrected chi connectivity index (χ4v) is 5.30. The van der Waals surface area contributed by atoms with Crippen molar-refractivity contribution in [3.8, 4) is 11.5 Å². The molecule has 0 spiro atoms. The smallest absolute Gasteiger partial charge is 0.259 e. The van der Waals surface area contributed by atoms with Gasteiger partial charge in [0.1, 0.15) is 16.5 Å². The number of carbonyl (C=O) groups is 1. The van der Waals surface area contributed by atoms with Gasteiger partial charge in [-0.2, -0.15) is 0 Å². The van der Waals surface area contributed by atoms with Crippen LogP contribution in [-0.2, 0) is 19.4 Å². The maximum atomic E-state index is 13.5. The average molecular weight is 438 g/mol. The Morgan fingerprint density at radius 2 is 2.00 bits per heavy atom. The SMILES string of the molecule is COc1ccc(OC)c(NC(=O)c2c(NCc3ccncc3)sc3c2CC[C@@H](C)C3)c1. The zero-order valence-corrected chi connectivity index (χ0v) is 18.8. The Hall–Kier alpha value is -3.06. The van der Waals surface area contributed by atoms with Crippen molar-refractivity contribution in [1.29, 1.82) is 0 Å². The van der Waals surface area contributed by atoms with E-state index in [9.17, 15) is 4.79 Å². The van der Waals surface area contributed by atoms with Crippen molar-refractivity contribution in [2.75, 3.05) is 24.9 Å². The number of benzene rings is 1. The molecule has 2 N–H and O–H groups in total. The number of rotatable bonds is 7. The van der Waals surface area contributed by atoms with Crippen molar-refractivity contribution < 1.29 is 14.3 Å². The van der Waals surface area contributed by atoms with Crippen LogP contribution in [-0.4, -0.2) is 25.1 Å². The molecule has 0 unspecified atom stereocenters. The second kappa shape index (κ2) is 9.39. The van der Waals surface area contributed by atoms with Crippen molar-refractivity contribution in [3.63, 3.8) is 0 Å². The Bertz CT molecular complexity index is 1070. The van der Waals surface area contributed by atoms with Crippen LogP contribution >= 0.6 is 11.3 Å². The maximum absolute atomic E-state index is 13.5. The summed E-state index contributed by atoms with van der Waals surface area (Å²) in [4.78, 5) is 18.9. The predicted octanol–water partition coefficient (Wildman–Crippen LogP) is 5.15. The largest absolute Gasteiger partial charge is 0.497 e. The molecule has 0 saturated carbocycles. The molecule has 1 amide bonds. The predicted molar refractivity (Wildman–Crippen MR) is 125 cm³/mol. The number of hydrogen-bond acceptors (Lipinski definition) is 6. The Labute approximate surface area is 186 Å². The van der Waals surface area contributed by atoms with E-state index in [0.29, 0.717) is 29.6 Å². The highest BCUT2D eigenvalue weighted by Gasteiger charge is 2.28. The van der Waals surface area contributed by atoms with Crippen molar-refractivity contribution in [3.05, 3.63) is 64.3 Å². The minimum Gasteiger partial charge on any atom is -0.497 e. The lowest BCUT2D eigenvalue weighted by atomic mass is 9.88. The van der Waals surface area contributed by atoms with Gasteiger partial charge in [0.05, 0.1) is 25.5 Å². The molecule has 0 bridgehead atoms. The molecule has 3 aromatic rings. The second-order valence-electron chi connectivity index (χ2n) is 7.79. The molecule has 0 saturated heterocycles. The van der Waals surface area contributed by atoms with Crippen molar-refractivity contribution in [2.45, 2.75) is 32.7 Å². The average Bonchev–Trinajstić information content (AvgIpc) is 3.15. The van der Waals surface area contributed by atoms with Crippen LogP contribution in [0.15, 0.2) is 42.7 Å². The van der Waals surface area contributed by atoms with Gasteiger partial charge in [-0.15, -0.1) is 11.3 Å². The van der Waals surface area contributed by atoms with Crippen LogP contribution in [0.3, 0.4) is 0 Å². The van der Waals surface area contributed by atoms with Crippen molar-refractivity contribution in [1.82, 2.24) is 4.98 Å². The molecule has 7 heteroatoms. The summed E-state index contributed by atoms with van der Waals surface area (Å²) in [5.74, 6) is 1.76. The number of anilines is 2. The lowest BCUT2D eigenvalue weighted by Crippen LogP contribution is -2.18. The molecule has 4 rings (SSSR count). The van der Waals surface area contributed by atoms with Crippen molar-refractivity contribution >= 4 is 27.9 Å². The van der Waals surface area contributed by atoms with E-state index in [0.717, 1.165) is 35.4 Å². The molecular formula is C24H27N3O3S. The Morgan fingerprint density at radius 3 is 2.74 bits per heavy atom. The number of aromatic nitrogens is 1. The number of nitrogens with one attached hydrogen (secondary N) is 2. The first-order chi connectivity index (χ1) is 15.1. The summed E-state index contributed by atoms with van der Waals surface area (Å²) in [5, 5.41) is 7.46. The molecular weight excluding hydrogens is 410 g/mol. The highest BCUT2D eigenvalue weighted by molar-refractivity contribution is 7.16. The fraction of sp³-hybridized carbons (Fsp3) is 0.333. The summed E-state index contributed by atoms with van der Waals surface area (Å²) >= 11 is 1.70. The zero-order chi connectivity index (χ0) is 21.8. The van der Waals surface area contributed by atoms with E-state index >= 15 is 0 Å². The number of methoxy groups -OCH3 is 2. The molecule has 0 radical (unpaired) electrons. The Kier molecular flexibility index (Phi) is 6.42. The normalized spacial score (nSPS) is 15.1. The summed E-state index contributed by atoms with van der Waals surface area (Å²) in [5.41, 5.74) is 3.62. The summed E-state index contributed by atoms with van der Waals surface area (Å²) in [6.07, 6.45) is 6.58. The van der Waals surface area contributed by atoms with Gasteiger partial charge in [-0.3, -0.25) is 9.78 Å². The second-order valence-corrected chi connectivity index (χ2v) is 8.89. The third kappa shape index (κ3) is 4.66. The van der Waals surface area contributed by atoms with E-state index in [1.807, 2.05) is 18.2 Å². The molecule has 0 fully saturated rings. The number of pyridine rings is 1. The number of carbonyl (C=O) groups excluding carboxylic acids is 1. The van der Waals surface area contributed by atoms with Gasteiger partial charge < -0.3 is 20.1 Å². The minimum atomic E-state index is -0.129. The summed E-state index contributed by atoms with van der Waals surface area (Å²) in [7, 11) is 3.19.